The van der Waals surface area contributed by atoms with Gasteiger partial charge in [-0.1, -0.05) is 6.07 Å². The topological polar surface area (TPSA) is 97.4 Å². The van der Waals surface area contributed by atoms with Gasteiger partial charge in [-0.3, -0.25) is 14.4 Å². The van der Waals surface area contributed by atoms with Gasteiger partial charge in [0.15, 0.2) is 34.9 Å². The summed E-state index contributed by atoms with van der Waals surface area (Å²) in [5, 5.41) is 0. The minimum atomic E-state index is -0.810. The number of ketones is 2. The molecule has 0 fully saturated rings. The van der Waals surface area contributed by atoms with Gasteiger partial charge in [0.05, 0.1) is 21.3 Å². The van der Waals surface area contributed by atoms with E-state index in [0.717, 1.165) is 6.08 Å². The number of carbonyl (C=O) groups excluding carboxylic acids is 3. The molecule has 8 nitrogen and oxygen atoms in total. The second kappa shape index (κ2) is 7.75. The van der Waals surface area contributed by atoms with Gasteiger partial charge < -0.3 is 23.7 Å². The van der Waals surface area contributed by atoms with E-state index in [4.69, 9.17) is 23.7 Å². The lowest BCUT2D eigenvalue weighted by Gasteiger charge is -2.35. The van der Waals surface area contributed by atoms with Crippen LogP contribution in [0.1, 0.15) is 25.0 Å². The van der Waals surface area contributed by atoms with Crippen LogP contribution >= 0.6 is 0 Å². The lowest BCUT2D eigenvalue weighted by Crippen LogP contribution is -2.36. The monoisotopic (exact) mass is 388 g/mol. The molecule has 0 bridgehead atoms. The Hall–Kier alpha value is -3.29. The van der Waals surface area contributed by atoms with Gasteiger partial charge in [-0.25, -0.2) is 0 Å². The first-order valence-electron chi connectivity index (χ1n) is 8.53. The summed E-state index contributed by atoms with van der Waals surface area (Å²) in [5.74, 6) is -0.676. The van der Waals surface area contributed by atoms with E-state index in [1.807, 2.05) is 0 Å². The maximum atomic E-state index is 12.6. The highest BCUT2D eigenvalue weighted by Crippen LogP contribution is 2.41. The van der Waals surface area contributed by atoms with Crippen LogP contribution in [0.15, 0.2) is 41.4 Å². The molecule has 0 amide bonds. The van der Waals surface area contributed by atoms with Crippen molar-refractivity contribution < 1.29 is 38.1 Å². The zero-order valence-corrected chi connectivity index (χ0v) is 15.9. The highest BCUT2D eigenvalue weighted by atomic mass is 16.6. The third kappa shape index (κ3) is 3.45. The molecule has 0 radical (unpaired) electrons. The highest BCUT2D eigenvalue weighted by Gasteiger charge is 2.42. The zero-order valence-electron chi connectivity index (χ0n) is 15.9. The molecule has 0 N–H and O–H groups in total. The van der Waals surface area contributed by atoms with Gasteiger partial charge in [-0.2, -0.15) is 0 Å². The number of Topliss-reactive ketones (excluding diaryl/α,β-unsaturated/α-hetero) is 1. The molecule has 1 aliphatic carbocycles. The van der Waals surface area contributed by atoms with Gasteiger partial charge in [0.2, 0.25) is 0 Å². The highest BCUT2D eigenvalue weighted by molar-refractivity contribution is 6.21. The van der Waals surface area contributed by atoms with Crippen LogP contribution in [0.25, 0.3) is 0 Å². The molecule has 1 aromatic rings. The fraction of sp³-hybridized carbons (Fsp3) is 0.350. The van der Waals surface area contributed by atoms with Crippen LogP contribution in [0.4, 0.5) is 0 Å². The standard InChI is InChI=1S/C20H20O8/c1-10(21)27-17-8-12-13(22)9-16(26-4)18(23)20(12)28-19(17)11-5-6-14(24-2)15(7-11)25-3/h5-7,9,17,19H,8H2,1-4H3/t17-,19+/m0/s1. The van der Waals surface area contributed by atoms with Crippen molar-refractivity contribution in [3.8, 4) is 11.5 Å². The fourth-order valence-corrected chi connectivity index (χ4v) is 3.24. The maximum absolute atomic E-state index is 12.6. The van der Waals surface area contributed by atoms with Crippen molar-refractivity contribution in [2.24, 2.45) is 0 Å². The first-order chi connectivity index (χ1) is 13.4. The number of esters is 1. The summed E-state index contributed by atoms with van der Waals surface area (Å²) in [6.07, 6.45) is -0.433. The molecule has 0 saturated heterocycles. The Morgan fingerprint density at radius 1 is 1.07 bits per heavy atom. The summed E-state index contributed by atoms with van der Waals surface area (Å²) in [5.41, 5.74) is 0.762. The van der Waals surface area contributed by atoms with Crippen LogP contribution in [0.2, 0.25) is 0 Å². The molecule has 28 heavy (non-hydrogen) atoms. The number of hydrogen-bond donors (Lipinski definition) is 0. The normalized spacial score (nSPS) is 21.4. The SMILES string of the molecule is COC1=CC(=O)C2=C(O[C@H](c3ccc(OC)c(OC)c3)[C@@H](OC(C)=O)C2)C1=O. The Morgan fingerprint density at radius 2 is 1.79 bits per heavy atom. The van der Waals surface area contributed by atoms with E-state index in [2.05, 4.69) is 0 Å². The van der Waals surface area contributed by atoms with E-state index in [-0.39, 0.29) is 23.5 Å². The third-order valence-corrected chi connectivity index (χ3v) is 4.52. The molecule has 1 heterocycles. The first-order valence-corrected chi connectivity index (χ1v) is 8.53. The van der Waals surface area contributed by atoms with Gasteiger partial charge in [-0.05, 0) is 12.1 Å². The van der Waals surface area contributed by atoms with Crippen LogP contribution in [0.3, 0.4) is 0 Å². The minimum absolute atomic E-state index is 0.0476. The lowest BCUT2D eigenvalue weighted by molar-refractivity contribution is -0.156. The Bertz CT molecular complexity index is 895. The molecule has 0 unspecified atom stereocenters. The van der Waals surface area contributed by atoms with Crippen molar-refractivity contribution >= 4 is 17.5 Å². The molecule has 0 aromatic heterocycles. The summed E-state index contributed by atoms with van der Waals surface area (Å²) in [6, 6.07) is 5.07. The van der Waals surface area contributed by atoms with Crippen LogP contribution in [0, 0.1) is 0 Å². The molecule has 0 spiro atoms. The molecule has 8 heteroatoms. The number of methoxy groups -OCH3 is 3. The van der Waals surface area contributed by atoms with Gasteiger partial charge >= 0.3 is 5.97 Å². The van der Waals surface area contributed by atoms with Gasteiger partial charge in [0.25, 0.3) is 5.78 Å². The molecule has 1 aromatic carbocycles. The number of hydrogen-bond acceptors (Lipinski definition) is 8. The lowest BCUT2D eigenvalue weighted by atomic mass is 9.88. The van der Waals surface area contributed by atoms with Crippen LogP contribution in [-0.2, 0) is 28.6 Å². The molecule has 3 rings (SSSR count). The molecule has 2 atom stereocenters. The molecule has 2 aliphatic rings. The van der Waals surface area contributed by atoms with Crippen LogP contribution in [-0.4, -0.2) is 45.0 Å². The number of rotatable bonds is 5. The molecular formula is C20H20O8. The van der Waals surface area contributed by atoms with Gasteiger partial charge in [-0.15, -0.1) is 0 Å². The number of allylic oxidation sites excluding steroid dienone is 1. The van der Waals surface area contributed by atoms with E-state index < -0.39 is 29.7 Å². The Balaban J connectivity index is 2.03. The fourth-order valence-electron chi connectivity index (χ4n) is 3.24. The molecule has 1 aliphatic heterocycles. The number of benzene rings is 1. The summed E-state index contributed by atoms with van der Waals surface area (Å²) in [7, 11) is 4.31. The maximum Gasteiger partial charge on any atom is 0.303 e. The van der Waals surface area contributed by atoms with Gasteiger partial charge in [0, 0.05) is 30.6 Å². The van der Waals surface area contributed by atoms with Crippen molar-refractivity contribution in [3.05, 3.63) is 46.9 Å². The summed E-state index contributed by atoms with van der Waals surface area (Å²) in [6.45, 7) is 1.27. The minimum Gasteiger partial charge on any atom is -0.493 e. The average Bonchev–Trinajstić information content (AvgIpc) is 2.69. The smallest absolute Gasteiger partial charge is 0.303 e. The molecular weight excluding hydrogens is 368 g/mol. The average molecular weight is 388 g/mol. The summed E-state index contributed by atoms with van der Waals surface area (Å²) >= 11 is 0. The van der Waals surface area contributed by atoms with Gasteiger partial charge in [0.1, 0.15) is 6.10 Å². The van der Waals surface area contributed by atoms with Crippen LogP contribution < -0.4 is 9.47 Å². The Labute approximate surface area is 161 Å². The predicted molar refractivity (Wildman–Crippen MR) is 95.7 cm³/mol. The van der Waals surface area contributed by atoms with E-state index in [0.29, 0.717) is 17.1 Å². The number of carbonyl (C=O) groups is 3. The molecule has 148 valence electrons. The second-order valence-corrected chi connectivity index (χ2v) is 6.22. The Morgan fingerprint density at radius 3 is 2.39 bits per heavy atom. The number of ether oxygens (including phenoxy) is 5. The first kappa shape index (κ1) is 19.5. The largest absolute Gasteiger partial charge is 0.493 e. The third-order valence-electron chi connectivity index (χ3n) is 4.52. The van der Waals surface area contributed by atoms with Crippen molar-refractivity contribution in [1.82, 2.24) is 0 Å². The molecule has 0 saturated carbocycles. The zero-order chi connectivity index (χ0) is 20.4. The van der Waals surface area contributed by atoms with Crippen molar-refractivity contribution in [1.29, 1.82) is 0 Å². The van der Waals surface area contributed by atoms with Crippen molar-refractivity contribution in [2.45, 2.75) is 25.6 Å². The second-order valence-electron chi connectivity index (χ2n) is 6.22. The predicted octanol–water partition coefficient (Wildman–Crippen LogP) is 2.03. The van der Waals surface area contributed by atoms with Crippen LogP contribution in [0.5, 0.6) is 11.5 Å². The van der Waals surface area contributed by atoms with Crippen molar-refractivity contribution in [2.75, 3.05) is 21.3 Å². The van der Waals surface area contributed by atoms with E-state index in [9.17, 15) is 14.4 Å². The summed E-state index contributed by atoms with van der Waals surface area (Å²) < 4.78 is 26.8. The van der Waals surface area contributed by atoms with E-state index in [1.54, 1.807) is 18.2 Å². The van der Waals surface area contributed by atoms with E-state index in [1.165, 1.54) is 28.3 Å². The Kier molecular flexibility index (Phi) is 5.39. The van der Waals surface area contributed by atoms with E-state index >= 15 is 0 Å². The van der Waals surface area contributed by atoms with Crippen molar-refractivity contribution in [3.63, 3.8) is 0 Å². The summed E-state index contributed by atoms with van der Waals surface area (Å²) in [4.78, 5) is 36.6. The quantitative estimate of drug-likeness (QED) is 0.558.